The van der Waals surface area contributed by atoms with E-state index in [0.29, 0.717) is 15.7 Å². The normalized spacial score (nSPS) is 10.1. The van der Waals surface area contributed by atoms with Gasteiger partial charge in [-0.3, -0.25) is 10.1 Å². The molecule has 82 valence electrons. The van der Waals surface area contributed by atoms with Crippen LogP contribution in [-0.4, -0.2) is 10.9 Å². The van der Waals surface area contributed by atoms with Crippen molar-refractivity contribution in [3.8, 4) is 0 Å². The SMILES string of the molecule is Cc1cnc(NC(=O)c2cccc(Cl)c2)s1. The Bertz CT molecular complexity index is 524. The van der Waals surface area contributed by atoms with Crippen molar-refractivity contribution in [2.75, 3.05) is 5.32 Å². The lowest BCUT2D eigenvalue weighted by Crippen LogP contribution is -2.11. The maximum absolute atomic E-state index is 11.8. The maximum Gasteiger partial charge on any atom is 0.257 e. The number of carbonyl (C=O) groups is 1. The predicted octanol–water partition coefficient (Wildman–Crippen LogP) is 3.36. The lowest BCUT2D eigenvalue weighted by Gasteiger charge is -2.01. The molecule has 0 bridgehead atoms. The molecule has 5 heteroatoms. The largest absolute Gasteiger partial charge is 0.298 e. The Kier molecular flexibility index (Phi) is 3.22. The highest BCUT2D eigenvalue weighted by molar-refractivity contribution is 7.15. The molecule has 0 spiro atoms. The van der Waals surface area contributed by atoms with Crippen molar-refractivity contribution in [3.63, 3.8) is 0 Å². The van der Waals surface area contributed by atoms with Crippen molar-refractivity contribution in [2.24, 2.45) is 0 Å². The van der Waals surface area contributed by atoms with Gasteiger partial charge in [0, 0.05) is 21.7 Å². The van der Waals surface area contributed by atoms with Gasteiger partial charge in [-0.1, -0.05) is 17.7 Å². The van der Waals surface area contributed by atoms with Gasteiger partial charge in [-0.15, -0.1) is 11.3 Å². The van der Waals surface area contributed by atoms with Gasteiger partial charge in [0.1, 0.15) is 0 Å². The number of hydrogen-bond acceptors (Lipinski definition) is 3. The second-order valence-corrected chi connectivity index (χ2v) is 4.91. The van der Waals surface area contributed by atoms with Crippen molar-refractivity contribution in [1.82, 2.24) is 4.98 Å². The molecule has 0 saturated heterocycles. The van der Waals surface area contributed by atoms with Crippen molar-refractivity contribution in [1.29, 1.82) is 0 Å². The van der Waals surface area contributed by atoms with Crippen LogP contribution in [0.25, 0.3) is 0 Å². The molecule has 0 saturated carbocycles. The smallest absolute Gasteiger partial charge is 0.257 e. The molecular formula is C11H9ClN2OS. The van der Waals surface area contributed by atoms with Crippen LogP contribution in [0.1, 0.15) is 15.2 Å². The van der Waals surface area contributed by atoms with E-state index in [4.69, 9.17) is 11.6 Å². The minimum absolute atomic E-state index is 0.197. The van der Waals surface area contributed by atoms with Crippen LogP contribution in [0, 0.1) is 6.92 Å². The molecule has 0 atom stereocenters. The molecule has 1 aromatic carbocycles. The number of aryl methyl sites for hydroxylation is 1. The quantitative estimate of drug-likeness (QED) is 0.891. The van der Waals surface area contributed by atoms with Gasteiger partial charge >= 0.3 is 0 Å². The number of hydrogen-bond donors (Lipinski definition) is 1. The third-order valence-corrected chi connectivity index (χ3v) is 2.99. The fraction of sp³-hybridized carbons (Fsp3) is 0.0909. The third-order valence-electron chi connectivity index (χ3n) is 1.93. The molecule has 2 aromatic rings. The minimum atomic E-state index is -0.197. The van der Waals surface area contributed by atoms with Crippen LogP contribution in [0.2, 0.25) is 5.02 Å². The monoisotopic (exact) mass is 252 g/mol. The molecule has 1 amide bonds. The lowest BCUT2D eigenvalue weighted by atomic mass is 10.2. The van der Waals surface area contributed by atoms with Crippen LogP contribution >= 0.6 is 22.9 Å². The number of benzene rings is 1. The second-order valence-electron chi connectivity index (χ2n) is 3.24. The summed E-state index contributed by atoms with van der Waals surface area (Å²) < 4.78 is 0. The maximum atomic E-state index is 11.8. The highest BCUT2D eigenvalue weighted by Gasteiger charge is 2.08. The Morgan fingerprint density at radius 3 is 2.94 bits per heavy atom. The van der Waals surface area contributed by atoms with Gasteiger partial charge in [-0.05, 0) is 25.1 Å². The average molecular weight is 253 g/mol. The van der Waals surface area contributed by atoms with Crippen LogP contribution in [-0.2, 0) is 0 Å². The highest BCUT2D eigenvalue weighted by Crippen LogP contribution is 2.18. The molecule has 0 unspecified atom stereocenters. The fourth-order valence-corrected chi connectivity index (χ4v) is 2.06. The van der Waals surface area contributed by atoms with E-state index in [2.05, 4.69) is 10.3 Å². The molecule has 1 heterocycles. The summed E-state index contributed by atoms with van der Waals surface area (Å²) in [5.41, 5.74) is 0.528. The number of carbonyl (C=O) groups excluding carboxylic acids is 1. The predicted molar refractivity (Wildman–Crippen MR) is 66.3 cm³/mol. The van der Waals surface area contributed by atoms with Crippen molar-refractivity contribution >= 4 is 34.0 Å². The molecule has 2 rings (SSSR count). The average Bonchev–Trinajstić information content (AvgIpc) is 2.64. The summed E-state index contributed by atoms with van der Waals surface area (Å²) in [6.07, 6.45) is 1.72. The van der Waals surface area contributed by atoms with E-state index < -0.39 is 0 Å². The first-order valence-electron chi connectivity index (χ1n) is 4.64. The summed E-state index contributed by atoms with van der Waals surface area (Å²) in [7, 11) is 0. The van der Waals surface area contributed by atoms with Crippen LogP contribution in [0.15, 0.2) is 30.5 Å². The number of amides is 1. The summed E-state index contributed by atoms with van der Waals surface area (Å²) in [5.74, 6) is -0.197. The summed E-state index contributed by atoms with van der Waals surface area (Å²) in [5, 5.41) is 3.86. The number of thiazole rings is 1. The Balaban J connectivity index is 2.14. The molecule has 0 aliphatic rings. The molecule has 16 heavy (non-hydrogen) atoms. The van der Waals surface area contributed by atoms with E-state index in [-0.39, 0.29) is 5.91 Å². The molecule has 1 N–H and O–H groups in total. The zero-order chi connectivity index (χ0) is 11.5. The zero-order valence-electron chi connectivity index (χ0n) is 8.53. The van der Waals surface area contributed by atoms with Gasteiger partial charge in [-0.2, -0.15) is 0 Å². The second kappa shape index (κ2) is 4.63. The van der Waals surface area contributed by atoms with Crippen LogP contribution in [0.4, 0.5) is 5.13 Å². The first kappa shape index (κ1) is 11.1. The standard InChI is InChI=1S/C11H9ClN2OS/c1-7-6-13-11(16-7)14-10(15)8-3-2-4-9(12)5-8/h2-6H,1H3,(H,13,14,15). The van der Waals surface area contributed by atoms with Crippen molar-refractivity contribution in [3.05, 3.63) is 45.9 Å². The minimum Gasteiger partial charge on any atom is -0.298 e. The number of anilines is 1. The van der Waals surface area contributed by atoms with E-state index in [9.17, 15) is 4.79 Å². The topological polar surface area (TPSA) is 42.0 Å². The van der Waals surface area contributed by atoms with E-state index in [1.807, 2.05) is 6.92 Å². The van der Waals surface area contributed by atoms with Gasteiger partial charge in [-0.25, -0.2) is 4.98 Å². The van der Waals surface area contributed by atoms with Gasteiger partial charge in [0.05, 0.1) is 0 Å². The van der Waals surface area contributed by atoms with Gasteiger partial charge < -0.3 is 0 Å². The number of rotatable bonds is 2. The molecule has 1 aromatic heterocycles. The molecule has 0 radical (unpaired) electrons. The summed E-state index contributed by atoms with van der Waals surface area (Å²) in [6.45, 7) is 1.94. The zero-order valence-corrected chi connectivity index (χ0v) is 10.1. The summed E-state index contributed by atoms with van der Waals surface area (Å²) >= 11 is 7.24. The number of nitrogens with one attached hydrogen (secondary N) is 1. The molecule has 3 nitrogen and oxygen atoms in total. The van der Waals surface area contributed by atoms with Crippen LogP contribution in [0.3, 0.4) is 0 Å². The van der Waals surface area contributed by atoms with E-state index >= 15 is 0 Å². The third kappa shape index (κ3) is 2.59. The van der Waals surface area contributed by atoms with Crippen LogP contribution < -0.4 is 5.32 Å². The van der Waals surface area contributed by atoms with Gasteiger partial charge in [0.15, 0.2) is 5.13 Å². The number of halogens is 1. The van der Waals surface area contributed by atoms with Gasteiger partial charge in [0.25, 0.3) is 5.91 Å². The Morgan fingerprint density at radius 1 is 1.50 bits per heavy atom. The van der Waals surface area contributed by atoms with E-state index in [0.717, 1.165) is 4.88 Å². The summed E-state index contributed by atoms with van der Waals surface area (Å²) in [6, 6.07) is 6.80. The molecule has 0 aliphatic carbocycles. The number of nitrogens with zero attached hydrogens (tertiary/aromatic N) is 1. The summed E-state index contributed by atoms with van der Waals surface area (Å²) in [4.78, 5) is 16.9. The molecular weight excluding hydrogens is 244 g/mol. The van der Waals surface area contributed by atoms with E-state index in [1.165, 1.54) is 11.3 Å². The number of aromatic nitrogens is 1. The Labute approximate surface area is 102 Å². The van der Waals surface area contributed by atoms with E-state index in [1.54, 1.807) is 30.5 Å². The van der Waals surface area contributed by atoms with Crippen molar-refractivity contribution < 1.29 is 4.79 Å². The van der Waals surface area contributed by atoms with Crippen LogP contribution in [0.5, 0.6) is 0 Å². The Morgan fingerprint density at radius 2 is 2.31 bits per heavy atom. The van der Waals surface area contributed by atoms with Crippen molar-refractivity contribution in [2.45, 2.75) is 6.92 Å². The Hall–Kier alpha value is -1.39. The first-order valence-corrected chi connectivity index (χ1v) is 5.84. The van der Waals surface area contributed by atoms with Gasteiger partial charge in [0.2, 0.25) is 0 Å². The first-order chi connectivity index (χ1) is 7.65. The highest BCUT2D eigenvalue weighted by atomic mass is 35.5. The molecule has 0 fully saturated rings. The lowest BCUT2D eigenvalue weighted by molar-refractivity contribution is 0.102. The fourth-order valence-electron chi connectivity index (χ4n) is 1.21. The molecule has 0 aliphatic heterocycles.